The second kappa shape index (κ2) is 9.26. The lowest BCUT2D eigenvalue weighted by Crippen LogP contribution is -2.12. The molecule has 3 N–H and O–H groups in total. The van der Waals surface area contributed by atoms with Crippen molar-refractivity contribution in [2.75, 3.05) is 11.9 Å². The van der Waals surface area contributed by atoms with Crippen LogP contribution in [0.15, 0.2) is 59.5 Å². The molecular formula is C22H19ClFN5O3S. The van der Waals surface area contributed by atoms with E-state index in [0.29, 0.717) is 47.3 Å². The van der Waals surface area contributed by atoms with Gasteiger partial charge in [-0.3, -0.25) is 0 Å². The molecule has 11 heteroatoms. The Bertz CT molecular complexity index is 1430. The maximum Gasteiger partial charge on any atom is 0.245 e. The molecule has 0 saturated carbocycles. The highest BCUT2D eigenvalue weighted by atomic mass is 35.5. The molecule has 0 aliphatic rings. The number of hydrogen-bond donors (Lipinski definition) is 2. The normalized spacial score (nSPS) is 11.5. The van der Waals surface area contributed by atoms with Gasteiger partial charge in [0.2, 0.25) is 21.9 Å². The van der Waals surface area contributed by atoms with E-state index in [0.717, 1.165) is 5.56 Å². The van der Waals surface area contributed by atoms with Gasteiger partial charge < -0.3 is 10.1 Å². The number of nitrogens with one attached hydrogen (secondary N) is 1. The van der Waals surface area contributed by atoms with Gasteiger partial charge in [0, 0.05) is 12.1 Å². The summed E-state index contributed by atoms with van der Waals surface area (Å²) in [6.07, 6.45) is 0. The van der Waals surface area contributed by atoms with Gasteiger partial charge in [-0.05, 0) is 55.0 Å². The molecule has 2 aromatic carbocycles. The van der Waals surface area contributed by atoms with Crippen LogP contribution in [-0.2, 0) is 16.6 Å². The molecular weight excluding hydrogens is 469 g/mol. The van der Waals surface area contributed by atoms with Gasteiger partial charge in [0.1, 0.15) is 5.82 Å². The maximum atomic E-state index is 13.5. The fourth-order valence-electron chi connectivity index (χ4n) is 3.10. The monoisotopic (exact) mass is 487 g/mol. The summed E-state index contributed by atoms with van der Waals surface area (Å²) in [5, 5.41) is 8.23. The van der Waals surface area contributed by atoms with Gasteiger partial charge in [-0.15, -0.1) is 0 Å². The molecule has 2 heterocycles. The van der Waals surface area contributed by atoms with E-state index >= 15 is 0 Å². The third-order valence-electron chi connectivity index (χ3n) is 4.71. The van der Waals surface area contributed by atoms with Crippen molar-refractivity contribution in [2.45, 2.75) is 18.4 Å². The number of hydrogen-bond acceptors (Lipinski definition) is 7. The molecule has 170 valence electrons. The molecule has 33 heavy (non-hydrogen) atoms. The Morgan fingerprint density at radius 2 is 1.82 bits per heavy atom. The number of benzene rings is 2. The number of halogens is 2. The zero-order valence-electron chi connectivity index (χ0n) is 17.4. The van der Waals surface area contributed by atoms with Crippen molar-refractivity contribution in [1.82, 2.24) is 15.0 Å². The Hall–Kier alpha value is -3.34. The molecule has 8 nitrogen and oxygen atoms in total. The first-order valence-corrected chi connectivity index (χ1v) is 11.8. The molecule has 0 spiro atoms. The van der Waals surface area contributed by atoms with E-state index in [1.807, 2.05) is 6.92 Å². The lowest BCUT2D eigenvalue weighted by molar-refractivity contribution is 0.330. The summed E-state index contributed by atoms with van der Waals surface area (Å²) >= 11 is 5.90. The van der Waals surface area contributed by atoms with E-state index in [4.69, 9.17) is 21.5 Å². The molecule has 0 atom stereocenters. The number of pyridine rings is 1. The van der Waals surface area contributed by atoms with E-state index in [1.165, 1.54) is 24.3 Å². The predicted molar refractivity (Wildman–Crippen MR) is 124 cm³/mol. The number of ether oxygens (including phenoxy) is 1. The molecule has 0 bridgehead atoms. The van der Waals surface area contributed by atoms with Crippen LogP contribution in [0.25, 0.3) is 22.3 Å². The number of nitrogens with two attached hydrogens (primary N) is 1. The van der Waals surface area contributed by atoms with Gasteiger partial charge in [-0.2, -0.15) is 4.98 Å². The molecule has 0 aliphatic carbocycles. The van der Waals surface area contributed by atoms with Crippen LogP contribution in [0.5, 0.6) is 5.88 Å². The number of rotatable bonds is 7. The van der Waals surface area contributed by atoms with Gasteiger partial charge in [-0.1, -0.05) is 23.7 Å². The number of sulfonamides is 1. The average Bonchev–Trinajstić information content (AvgIpc) is 2.79. The molecule has 4 rings (SSSR count). The summed E-state index contributed by atoms with van der Waals surface area (Å²) in [6, 6.07) is 14.1. The van der Waals surface area contributed by atoms with Crippen molar-refractivity contribution >= 4 is 38.6 Å². The summed E-state index contributed by atoms with van der Waals surface area (Å²) in [7, 11) is -3.75. The molecule has 0 fully saturated rings. The molecule has 0 aliphatic heterocycles. The van der Waals surface area contributed by atoms with Crippen LogP contribution in [0.2, 0.25) is 5.02 Å². The van der Waals surface area contributed by atoms with Gasteiger partial charge in [0.25, 0.3) is 0 Å². The van der Waals surface area contributed by atoms with E-state index in [2.05, 4.69) is 20.3 Å². The number of nitrogens with zero attached hydrogens (tertiary/aromatic N) is 3. The number of aromatic nitrogens is 3. The second-order valence-corrected chi connectivity index (χ2v) is 8.99. The van der Waals surface area contributed by atoms with Crippen LogP contribution in [-0.4, -0.2) is 30.0 Å². The van der Waals surface area contributed by atoms with Gasteiger partial charge in [0.05, 0.1) is 27.7 Å². The second-order valence-electron chi connectivity index (χ2n) is 7.02. The zero-order chi connectivity index (χ0) is 23.6. The van der Waals surface area contributed by atoms with Crippen LogP contribution >= 0.6 is 11.6 Å². The van der Waals surface area contributed by atoms with Crippen molar-refractivity contribution in [3.8, 4) is 17.1 Å². The highest BCUT2D eigenvalue weighted by molar-refractivity contribution is 7.89. The minimum absolute atomic E-state index is 0.00678. The van der Waals surface area contributed by atoms with Crippen molar-refractivity contribution < 1.29 is 17.5 Å². The Morgan fingerprint density at radius 3 is 2.48 bits per heavy atom. The minimum atomic E-state index is -3.75. The van der Waals surface area contributed by atoms with Crippen LogP contribution < -0.4 is 15.2 Å². The number of anilines is 1. The largest absolute Gasteiger partial charge is 0.476 e. The molecule has 0 radical (unpaired) electrons. The number of primary sulfonamides is 1. The van der Waals surface area contributed by atoms with E-state index < -0.39 is 15.8 Å². The molecule has 4 aromatic rings. The first kappa shape index (κ1) is 22.8. The van der Waals surface area contributed by atoms with Crippen molar-refractivity contribution in [2.24, 2.45) is 5.14 Å². The first-order chi connectivity index (χ1) is 15.7. The van der Waals surface area contributed by atoms with Crippen molar-refractivity contribution in [1.29, 1.82) is 0 Å². The van der Waals surface area contributed by atoms with Crippen LogP contribution in [0.3, 0.4) is 0 Å². The predicted octanol–water partition coefficient (Wildman–Crippen LogP) is 4.14. The van der Waals surface area contributed by atoms with Crippen LogP contribution in [0.1, 0.15) is 12.5 Å². The summed E-state index contributed by atoms with van der Waals surface area (Å²) in [5.41, 5.74) is 3.04. The summed E-state index contributed by atoms with van der Waals surface area (Å²) in [4.78, 5) is 13.5. The Morgan fingerprint density at radius 1 is 1.06 bits per heavy atom. The maximum absolute atomic E-state index is 13.5. The van der Waals surface area contributed by atoms with Gasteiger partial charge in [-0.25, -0.2) is 27.9 Å². The SMILES string of the molecule is CCOc1nc(NCc2ccc(S(N)(=O)=O)cc2)nc2ccc(-c3ccc(F)c(Cl)c3)nc12. The lowest BCUT2D eigenvalue weighted by Gasteiger charge is -2.11. The van der Waals surface area contributed by atoms with Gasteiger partial charge in [0.15, 0.2) is 5.52 Å². The third kappa shape index (κ3) is 5.19. The third-order valence-corrected chi connectivity index (χ3v) is 5.93. The van der Waals surface area contributed by atoms with E-state index in [1.54, 1.807) is 30.3 Å². The standard InChI is InChI=1S/C22H19ClFN5O3S/c1-2-32-21-20-19(10-9-18(27-20)14-5-8-17(24)16(23)11-14)28-22(29-21)26-12-13-3-6-15(7-4-13)33(25,30)31/h3-11H,2,12H2,1H3,(H2,25,30,31)(H,26,28,29). The highest BCUT2D eigenvalue weighted by Gasteiger charge is 2.13. The summed E-state index contributed by atoms with van der Waals surface area (Å²) in [5.74, 6) is 0.111. The summed E-state index contributed by atoms with van der Waals surface area (Å²) in [6.45, 7) is 2.55. The number of fused-ring (bicyclic) bond motifs is 1. The minimum Gasteiger partial charge on any atom is -0.476 e. The Balaban J connectivity index is 1.62. The molecule has 0 saturated heterocycles. The fraction of sp³-hybridized carbons (Fsp3) is 0.136. The lowest BCUT2D eigenvalue weighted by atomic mass is 10.1. The van der Waals surface area contributed by atoms with Crippen LogP contribution in [0.4, 0.5) is 10.3 Å². The molecule has 0 unspecified atom stereocenters. The molecule has 0 amide bonds. The van der Waals surface area contributed by atoms with Crippen LogP contribution in [0, 0.1) is 5.82 Å². The Kier molecular flexibility index (Phi) is 6.41. The summed E-state index contributed by atoms with van der Waals surface area (Å²) < 4.78 is 42.0. The molecule has 2 aromatic heterocycles. The van der Waals surface area contributed by atoms with E-state index in [9.17, 15) is 12.8 Å². The zero-order valence-corrected chi connectivity index (χ0v) is 19.0. The van der Waals surface area contributed by atoms with E-state index in [-0.39, 0.29) is 9.92 Å². The fourth-order valence-corrected chi connectivity index (χ4v) is 3.79. The van der Waals surface area contributed by atoms with Crippen molar-refractivity contribution in [3.05, 3.63) is 71.0 Å². The smallest absolute Gasteiger partial charge is 0.245 e. The topological polar surface area (TPSA) is 120 Å². The first-order valence-electron chi connectivity index (χ1n) is 9.87. The van der Waals surface area contributed by atoms with Crippen molar-refractivity contribution in [3.63, 3.8) is 0 Å². The quantitative estimate of drug-likeness (QED) is 0.402. The Labute approximate surface area is 194 Å². The average molecular weight is 488 g/mol. The highest BCUT2D eigenvalue weighted by Crippen LogP contribution is 2.28. The van der Waals surface area contributed by atoms with Gasteiger partial charge >= 0.3 is 0 Å².